The Morgan fingerprint density at radius 1 is 1.29 bits per heavy atom. The van der Waals surface area contributed by atoms with Crippen molar-refractivity contribution in [2.75, 3.05) is 18.6 Å². The van der Waals surface area contributed by atoms with Gasteiger partial charge in [-0.15, -0.1) is 11.3 Å². The van der Waals surface area contributed by atoms with Gasteiger partial charge < -0.3 is 9.64 Å². The summed E-state index contributed by atoms with van der Waals surface area (Å²) in [5, 5.41) is 0. The largest absolute Gasteiger partial charge is 0.465 e. The number of esters is 1. The Morgan fingerprint density at radius 2 is 2.10 bits per heavy atom. The molecule has 0 aliphatic carbocycles. The molecule has 0 unspecified atom stereocenters. The summed E-state index contributed by atoms with van der Waals surface area (Å²) in [6, 6.07) is 9.00. The molecule has 108 valence electrons. The second-order valence-corrected chi connectivity index (χ2v) is 7.11. The van der Waals surface area contributed by atoms with E-state index in [1.807, 2.05) is 18.2 Å². The number of hydrogen-bond acceptors (Lipinski definition) is 4. The molecule has 2 heterocycles. The van der Waals surface area contributed by atoms with Crippen LogP contribution in [0.15, 0.2) is 34.1 Å². The number of thiophene rings is 1. The maximum absolute atomic E-state index is 12.5. The highest BCUT2D eigenvalue weighted by molar-refractivity contribution is 9.11. The van der Waals surface area contributed by atoms with E-state index >= 15 is 0 Å². The van der Waals surface area contributed by atoms with Crippen molar-refractivity contribution in [1.29, 1.82) is 0 Å². The van der Waals surface area contributed by atoms with Crippen LogP contribution in [-0.2, 0) is 11.2 Å². The van der Waals surface area contributed by atoms with E-state index < -0.39 is 0 Å². The molecular weight excluding hydrogens is 354 g/mol. The first kappa shape index (κ1) is 14.3. The van der Waals surface area contributed by atoms with Crippen molar-refractivity contribution in [2.24, 2.45) is 0 Å². The number of benzene rings is 1. The predicted octanol–water partition coefficient (Wildman–Crippen LogP) is 3.50. The van der Waals surface area contributed by atoms with Crippen LogP contribution >= 0.6 is 27.3 Å². The summed E-state index contributed by atoms with van der Waals surface area (Å²) in [5.74, 6) is -0.361. The topological polar surface area (TPSA) is 46.6 Å². The number of amides is 1. The van der Waals surface area contributed by atoms with Crippen LogP contribution in [0.3, 0.4) is 0 Å². The van der Waals surface area contributed by atoms with Gasteiger partial charge in [-0.3, -0.25) is 4.79 Å². The molecule has 0 spiro atoms. The Hall–Kier alpha value is -1.66. The zero-order valence-corrected chi connectivity index (χ0v) is 13.7. The van der Waals surface area contributed by atoms with E-state index in [0.29, 0.717) is 17.0 Å². The number of rotatable bonds is 2. The van der Waals surface area contributed by atoms with Crippen LogP contribution in [0, 0.1) is 0 Å². The molecule has 4 nitrogen and oxygen atoms in total. The maximum atomic E-state index is 12.5. The van der Waals surface area contributed by atoms with Crippen LogP contribution in [-0.4, -0.2) is 25.5 Å². The highest BCUT2D eigenvalue weighted by Crippen LogP contribution is 2.32. The average molecular weight is 366 g/mol. The Kier molecular flexibility index (Phi) is 3.82. The molecule has 1 aromatic heterocycles. The van der Waals surface area contributed by atoms with Crippen LogP contribution in [0.2, 0.25) is 0 Å². The third-order valence-electron chi connectivity index (χ3n) is 3.43. The van der Waals surface area contributed by atoms with Gasteiger partial charge in [-0.2, -0.15) is 0 Å². The minimum absolute atomic E-state index is 0.00438. The molecule has 1 aliphatic rings. The van der Waals surface area contributed by atoms with Crippen molar-refractivity contribution in [3.8, 4) is 0 Å². The number of carbonyl (C=O) groups is 2. The van der Waals surface area contributed by atoms with Gasteiger partial charge in [0.1, 0.15) is 0 Å². The minimum Gasteiger partial charge on any atom is -0.465 e. The molecule has 3 rings (SSSR count). The lowest BCUT2D eigenvalue weighted by atomic mass is 10.1. The summed E-state index contributed by atoms with van der Waals surface area (Å²) in [6.45, 7) is 0.633. The fourth-order valence-electron chi connectivity index (χ4n) is 2.42. The summed E-state index contributed by atoms with van der Waals surface area (Å²) in [6.07, 6.45) is 0.748. The second-order valence-electron chi connectivity index (χ2n) is 4.65. The number of anilines is 1. The van der Waals surface area contributed by atoms with Gasteiger partial charge in [-0.25, -0.2) is 4.79 Å². The highest BCUT2D eigenvalue weighted by atomic mass is 79.9. The molecule has 0 bridgehead atoms. The zero-order chi connectivity index (χ0) is 15.0. The quantitative estimate of drug-likeness (QED) is 0.765. The van der Waals surface area contributed by atoms with Crippen molar-refractivity contribution in [3.63, 3.8) is 0 Å². The third-order valence-corrected chi connectivity index (χ3v) is 5.04. The lowest BCUT2D eigenvalue weighted by Gasteiger charge is -2.16. The molecule has 0 saturated heterocycles. The van der Waals surface area contributed by atoms with Gasteiger partial charge in [0.2, 0.25) is 0 Å². The monoisotopic (exact) mass is 365 g/mol. The van der Waals surface area contributed by atoms with Gasteiger partial charge in [0, 0.05) is 12.2 Å². The Bertz CT molecular complexity index is 725. The van der Waals surface area contributed by atoms with Crippen LogP contribution in [0.4, 0.5) is 5.69 Å². The summed E-state index contributed by atoms with van der Waals surface area (Å²) in [7, 11) is 1.36. The van der Waals surface area contributed by atoms with Gasteiger partial charge in [-0.1, -0.05) is 0 Å². The molecule has 0 atom stereocenters. The van der Waals surface area contributed by atoms with Crippen molar-refractivity contribution in [3.05, 3.63) is 50.1 Å². The Morgan fingerprint density at radius 3 is 2.76 bits per heavy atom. The minimum atomic E-state index is -0.357. The van der Waals surface area contributed by atoms with Crippen molar-refractivity contribution >= 4 is 44.8 Å². The fraction of sp³-hybridized carbons (Fsp3) is 0.200. The Labute approximate surface area is 134 Å². The maximum Gasteiger partial charge on any atom is 0.337 e. The number of halogens is 1. The molecule has 6 heteroatoms. The number of hydrogen-bond donors (Lipinski definition) is 0. The van der Waals surface area contributed by atoms with Gasteiger partial charge in [0.15, 0.2) is 0 Å². The first-order chi connectivity index (χ1) is 10.1. The van der Waals surface area contributed by atoms with E-state index in [9.17, 15) is 9.59 Å². The number of nitrogens with zero attached hydrogens (tertiary/aromatic N) is 1. The van der Waals surface area contributed by atoms with E-state index in [4.69, 9.17) is 4.74 Å². The number of carbonyl (C=O) groups excluding carboxylic acids is 2. The average Bonchev–Trinajstić information content (AvgIpc) is 3.11. The van der Waals surface area contributed by atoms with Gasteiger partial charge in [0.05, 0.1) is 21.3 Å². The van der Waals surface area contributed by atoms with E-state index in [2.05, 4.69) is 15.9 Å². The van der Waals surface area contributed by atoms with E-state index in [0.717, 1.165) is 21.5 Å². The van der Waals surface area contributed by atoms with Crippen molar-refractivity contribution in [1.82, 2.24) is 0 Å². The van der Waals surface area contributed by atoms with Gasteiger partial charge in [-0.05, 0) is 58.2 Å². The normalized spacial score (nSPS) is 13.1. The number of methoxy groups -OCH3 is 1. The molecule has 2 aromatic rings. The predicted molar refractivity (Wildman–Crippen MR) is 85.2 cm³/mol. The summed E-state index contributed by atoms with van der Waals surface area (Å²) in [5.41, 5.74) is 2.39. The number of fused-ring (bicyclic) bond motifs is 1. The van der Waals surface area contributed by atoms with Gasteiger partial charge in [0.25, 0.3) is 5.91 Å². The van der Waals surface area contributed by atoms with Gasteiger partial charge >= 0.3 is 5.97 Å². The molecule has 1 aromatic carbocycles. The summed E-state index contributed by atoms with van der Waals surface area (Å²) in [4.78, 5) is 26.5. The molecule has 0 radical (unpaired) electrons. The molecule has 1 aliphatic heterocycles. The summed E-state index contributed by atoms with van der Waals surface area (Å²) < 4.78 is 5.66. The van der Waals surface area contributed by atoms with E-state index in [1.165, 1.54) is 18.4 Å². The molecule has 21 heavy (non-hydrogen) atoms. The molecular formula is C15H12BrNO3S. The second kappa shape index (κ2) is 5.61. The zero-order valence-electron chi connectivity index (χ0n) is 11.3. The highest BCUT2D eigenvalue weighted by Gasteiger charge is 2.27. The van der Waals surface area contributed by atoms with Crippen LogP contribution in [0.1, 0.15) is 25.6 Å². The SMILES string of the molecule is COC(=O)c1ccc2c(c1)CCN2C(=O)c1ccc(Br)s1. The first-order valence-corrected chi connectivity index (χ1v) is 7.99. The smallest absolute Gasteiger partial charge is 0.337 e. The van der Waals surface area contributed by atoms with Crippen LogP contribution in [0.25, 0.3) is 0 Å². The lowest BCUT2D eigenvalue weighted by molar-refractivity contribution is 0.0600. The standard InChI is InChI=1S/C15H12BrNO3S/c1-20-15(19)10-2-3-11-9(8-10)6-7-17(11)14(18)12-4-5-13(16)21-12/h2-5,8H,6-7H2,1H3. The Balaban J connectivity index is 1.90. The summed E-state index contributed by atoms with van der Waals surface area (Å²) >= 11 is 4.79. The third kappa shape index (κ3) is 2.61. The van der Waals surface area contributed by atoms with Crippen LogP contribution < -0.4 is 4.90 Å². The first-order valence-electron chi connectivity index (χ1n) is 6.38. The van der Waals surface area contributed by atoms with Crippen molar-refractivity contribution in [2.45, 2.75) is 6.42 Å². The molecule has 1 amide bonds. The van der Waals surface area contributed by atoms with E-state index in [1.54, 1.807) is 17.0 Å². The molecule has 0 N–H and O–H groups in total. The van der Waals surface area contributed by atoms with E-state index in [-0.39, 0.29) is 11.9 Å². The lowest BCUT2D eigenvalue weighted by Crippen LogP contribution is -2.28. The fourth-order valence-corrected chi connectivity index (χ4v) is 3.75. The number of ether oxygens (including phenoxy) is 1. The molecule has 0 saturated carbocycles. The molecule has 0 fully saturated rings. The van der Waals surface area contributed by atoms with Crippen molar-refractivity contribution < 1.29 is 14.3 Å². The van der Waals surface area contributed by atoms with Crippen LogP contribution in [0.5, 0.6) is 0 Å².